The summed E-state index contributed by atoms with van der Waals surface area (Å²) >= 11 is 0. The second kappa shape index (κ2) is 14.1. The Bertz CT molecular complexity index is 1050. The van der Waals surface area contributed by atoms with Crippen LogP contribution in [0.15, 0.2) is 60.7 Å². The molecular formula is C28H37N5O4. The molecule has 0 saturated carbocycles. The highest BCUT2D eigenvalue weighted by Crippen LogP contribution is 2.21. The van der Waals surface area contributed by atoms with E-state index in [4.69, 9.17) is 5.73 Å². The van der Waals surface area contributed by atoms with Gasteiger partial charge in [0, 0.05) is 11.3 Å². The highest BCUT2D eigenvalue weighted by atomic mass is 16.2. The smallest absolute Gasteiger partial charge is 0.251 e. The molecule has 198 valence electrons. The summed E-state index contributed by atoms with van der Waals surface area (Å²) in [5.41, 5.74) is 6.84. The third kappa shape index (κ3) is 7.88. The van der Waals surface area contributed by atoms with Gasteiger partial charge in [0.25, 0.3) is 11.8 Å². The van der Waals surface area contributed by atoms with Crippen LogP contribution in [0.1, 0.15) is 55.8 Å². The van der Waals surface area contributed by atoms with Gasteiger partial charge in [-0.15, -0.1) is 0 Å². The summed E-state index contributed by atoms with van der Waals surface area (Å²) < 4.78 is 0. The molecule has 9 heteroatoms. The highest BCUT2D eigenvalue weighted by Gasteiger charge is 2.40. The number of amides is 4. The van der Waals surface area contributed by atoms with Crippen molar-refractivity contribution >= 4 is 29.3 Å². The number of para-hydroxylation sites is 1. The zero-order chi connectivity index (χ0) is 26.6. The van der Waals surface area contributed by atoms with Crippen molar-refractivity contribution in [3.05, 3.63) is 66.2 Å². The number of anilines is 1. The summed E-state index contributed by atoms with van der Waals surface area (Å²) in [4.78, 5) is 53.3. The van der Waals surface area contributed by atoms with Gasteiger partial charge in [0.2, 0.25) is 11.8 Å². The monoisotopic (exact) mass is 507 g/mol. The number of carbonyl (C=O) groups excluding carboxylic acids is 4. The van der Waals surface area contributed by atoms with Gasteiger partial charge in [-0.3, -0.25) is 19.2 Å². The van der Waals surface area contributed by atoms with Crippen molar-refractivity contribution in [2.24, 2.45) is 5.73 Å². The topological polar surface area (TPSA) is 134 Å². The Kier molecular flexibility index (Phi) is 10.6. The van der Waals surface area contributed by atoms with E-state index in [-0.39, 0.29) is 11.8 Å². The van der Waals surface area contributed by atoms with Gasteiger partial charge < -0.3 is 26.6 Å². The summed E-state index contributed by atoms with van der Waals surface area (Å²) in [6, 6.07) is 15.7. The molecule has 0 spiro atoms. The lowest BCUT2D eigenvalue weighted by Gasteiger charge is -2.39. The van der Waals surface area contributed by atoms with E-state index in [0.29, 0.717) is 44.3 Å². The first kappa shape index (κ1) is 27.9. The van der Waals surface area contributed by atoms with Crippen molar-refractivity contribution in [1.29, 1.82) is 0 Å². The molecule has 37 heavy (non-hydrogen) atoms. The predicted octanol–water partition coefficient (Wildman–Crippen LogP) is 2.12. The van der Waals surface area contributed by atoms with Crippen LogP contribution >= 0.6 is 0 Å². The van der Waals surface area contributed by atoms with Crippen molar-refractivity contribution in [3.63, 3.8) is 0 Å². The Morgan fingerprint density at radius 1 is 0.892 bits per heavy atom. The lowest BCUT2D eigenvalue weighted by Crippen LogP contribution is -2.66. The molecule has 0 aromatic heterocycles. The number of nitrogens with one attached hydrogen (secondary N) is 3. The van der Waals surface area contributed by atoms with Gasteiger partial charge in [-0.25, -0.2) is 0 Å². The second-order valence-electron chi connectivity index (χ2n) is 9.23. The molecule has 1 heterocycles. The van der Waals surface area contributed by atoms with E-state index in [0.717, 1.165) is 18.5 Å². The van der Waals surface area contributed by atoms with E-state index in [2.05, 4.69) is 16.0 Å². The summed E-state index contributed by atoms with van der Waals surface area (Å²) in [6.45, 7) is 2.86. The van der Waals surface area contributed by atoms with Crippen LogP contribution in [0.2, 0.25) is 0 Å². The molecular weight excluding hydrogens is 470 g/mol. The van der Waals surface area contributed by atoms with Crippen LogP contribution in [0.5, 0.6) is 0 Å². The van der Waals surface area contributed by atoms with Crippen LogP contribution < -0.4 is 26.6 Å². The van der Waals surface area contributed by atoms with Crippen LogP contribution in [-0.4, -0.2) is 54.8 Å². The predicted molar refractivity (Wildman–Crippen MR) is 143 cm³/mol. The lowest BCUT2D eigenvalue weighted by molar-refractivity contribution is -0.133. The quantitative estimate of drug-likeness (QED) is 0.230. The second-order valence-corrected chi connectivity index (χ2v) is 9.23. The third-order valence-electron chi connectivity index (χ3n) is 6.40. The Morgan fingerprint density at radius 3 is 2.14 bits per heavy atom. The number of hydrogen-bond acceptors (Lipinski definition) is 5. The van der Waals surface area contributed by atoms with Gasteiger partial charge >= 0.3 is 0 Å². The van der Waals surface area contributed by atoms with E-state index < -0.39 is 29.9 Å². The molecule has 3 rings (SSSR count). The standard InChI is InChI=1S/C28H37N5O4/c1-2-3-16-22(27(36)32-24-19-33(28(24)37)21-14-8-5-9-15-21)31-26(35)23(17-10-11-18-29)30-25(34)20-12-6-4-7-13-20/h4-9,12-15,22-24H,2-3,10-11,16-19,29H2,1H3,(H,30,34)(H,31,35)(H,32,36)/t22-,23-,24-/m0/s1. The van der Waals surface area contributed by atoms with E-state index in [1.807, 2.05) is 43.3 Å². The van der Waals surface area contributed by atoms with Crippen LogP contribution in [0.4, 0.5) is 5.69 Å². The normalized spacial score (nSPS) is 16.3. The molecule has 5 N–H and O–H groups in total. The average Bonchev–Trinajstić information content (AvgIpc) is 2.92. The zero-order valence-electron chi connectivity index (χ0n) is 21.3. The van der Waals surface area contributed by atoms with E-state index >= 15 is 0 Å². The molecule has 9 nitrogen and oxygen atoms in total. The number of unbranched alkanes of at least 4 members (excludes halogenated alkanes) is 2. The first-order chi connectivity index (χ1) is 17.9. The average molecular weight is 508 g/mol. The summed E-state index contributed by atoms with van der Waals surface area (Å²) in [5, 5.41) is 8.42. The number of nitrogens with zero attached hydrogens (tertiary/aromatic N) is 1. The molecule has 4 amide bonds. The van der Waals surface area contributed by atoms with Crippen LogP contribution in [-0.2, 0) is 14.4 Å². The Hall–Kier alpha value is -3.72. The highest BCUT2D eigenvalue weighted by molar-refractivity contribution is 6.06. The van der Waals surface area contributed by atoms with Crippen molar-refractivity contribution in [2.75, 3.05) is 18.0 Å². The summed E-state index contributed by atoms with van der Waals surface area (Å²) in [7, 11) is 0. The Morgan fingerprint density at radius 2 is 1.51 bits per heavy atom. The molecule has 3 atom stereocenters. The van der Waals surface area contributed by atoms with Crippen molar-refractivity contribution < 1.29 is 19.2 Å². The number of hydrogen-bond donors (Lipinski definition) is 4. The largest absolute Gasteiger partial charge is 0.343 e. The fourth-order valence-corrected chi connectivity index (χ4v) is 4.19. The van der Waals surface area contributed by atoms with Crippen LogP contribution in [0.3, 0.4) is 0 Å². The maximum Gasteiger partial charge on any atom is 0.251 e. The van der Waals surface area contributed by atoms with Gasteiger partial charge in [0.15, 0.2) is 0 Å². The van der Waals surface area contributed by atoms with Crippen molar-refractivity contribution in [2.45, 2.75) is 63.6 Å². The van der Waals surface area contributed by atoms with E-state index in [1.54, 1.807) is 29.2 Å². The lowest BCUT2D eigenvalue weighted by atomic mass is 10.0. The number of rotatable bonds is 14. The molecule has 1 saturated heterocycles. The minimum atomic E-state index is -0.810. The molecule has 1 aliphatic heterocycles. The van der Waals surface area contributed by atoms with Gasteiger partial charge in [0.05, 0.1) is 6.54 Å². The van der Waals surface area contributed by atoms with Crippen molar-refractivity contribution in [1.82, 2.24) is 16.0 Å². The number of carbonyl (C=O) groups is 4. The first-order valence-electron chi connectivity index (χ1n) is 13.0. The van der Waals surface area contributed by atoms with E-state index in [9.17, 15) is 19.2 Å². The maximum absolute atomic E-state index is 13.2. The Balaban J connectivity index is 1.63. The fourth-order valence-electron chi connectivity index (χ4n) is 4.19. The van der Waals surface area contributed by atoms with Crippen LogP contribution in [0.25, 0.3) is 0 Å². The fraction of sp³-hybridized carbons (Fsp3) is 0.429. The molecule has 0 aliphatic carbocycles. The molecule has 0 bridgehead atoms. The summed E-state index contributed by atoms with van der Waals surface area (Å²) in [5.74, 6) is -1.37. The Labute approximate surface area is 218 Å². The molecule has 1 fully saturated rings. The van der Waals surface area contributed by atoms with Gasteiger partial charge in [-0.05, 0) is 56.5 Å². The molecule has 2 aromatic carbocycles. The van der Waals surface area contributed by atoms with Crippen LogP contribution in [0, 0.1) is 0 Å². The SMILES string of the molecule is CCCC[C@H](NC(=O)[C@H](CCCCN)NC(=O)c1ccccc1)C(=O)N[C@H]1CN(c2ccccc2)C1=O. The molecule has 0 unspecified atom stereocenters. The van der Waals surface area contributed by atoms with Gasteiger partial charge in [-0.1, -0.05) is 56.2 Å². The van der Waals surface area contributed by atoms with Gasteiger partial charge in [-0.2, -0.15) is 0 Å². The minimum absolute atomic E-state index is 0.185. The van der Waals surface area contributed by atoms with Gasteiger partial charge in [0.1, 0.15) is 18.1 Å². The molecule has 1 aliphatic rings. The van der Waals surface area contributed by atoms with E-state index in [1.165, 1.54) is 0 Å². The first-order valence-corrected chi connectivity index (χ1v) is 13.0. The molecule has 0 radical (unpaired) electrons. The number of β-lactam (4-membered cyclic amide) rings is 1. The number of nitrogens with two attached hydrogens (primary N) is 1. The minimum Gasteiger partial charge on any atom is -0.343 e. The zero-order valence-corrected chi connectivity index (χ0v) is 21.3. The third-order valence-corrected chi connectivity index (χ3v) is 6.40. The van der Waals surface area contributed by atoms with Crippen molar-refractivity contribution in [3.8, 4) is 0 Å². The molecule has 2 aromatic rings. The number of benzene rings is 2. The summed E-state index contributed by atoms with van der Waals surface area (Å²) in [6.07, 6.45) is 3.76. The maximum atomic E-state index is 13.2.